The first-order valence-corrected chi connectivity index (χ1v) is 6.81. The van der Waals surface area contributed by atoms with Crippen molar-refractivity contribution in [3.8, 4) is 0 Å². The summed E-state index contributed by atoms with van der Waals surface area (Å²) >= 11 is 0. The van der Waals surface area contributed by atoms with Crippen molar-refractivity contribution < 1.29 is 4.79 Å². The van der Waals surface area contributed by atoms with E-state index in [1.54, 1.807) is 24.4 Å². The van der Waals surface area contributed by atoms with E-state index in [0.717, 1.165) is 5.69 Å². The predicted molar refractivity (Wildman–Crippen MR) is 77.6 cm³/mol. The van der Waals surface area contributed by atoms with Crippen LogP contribution in [0.5, 0.6) is 0 Å². The quantitative estimate of drug-likeness (QED) is 0.907. The molecule has 1 N–H and O–H groups in total. The summed E-state index contributed by atoms with van der Waals surface area (Å²) in [4.78, 5) is 15.8. The molecule has 0 bridgehead atoms. The molecule has 106 valence electrons. The first kappa shape index (κ1) is 14.2. The third kappa shape index (κ3) is 3.23. The van der Waals surface area contributed by atoms with Crippen LogP contribution in [0.4, 0.5) is 0 Å². The second-order valence-electron chi connectivity index (χ2n) is 5.03. The minimum Gasteiger partial charge on any atom is -0.349 e. The molecule has 0 saturated carbocycles. The van der Waals surface area contributed by atoms with Crippen molar-refractivity contribution in [1.29, 1.82) is 0 Å². The second kappa shape index (κ2) is 6.32. The number of aromatic nitrogens is 3. The van der Waals surface area contributed by atoms with Crippen molar-refractivity contribution >= 4 is 5.91 Å². The average Bonchev–Trinajstić information content (AvgIpc) is 2.81. The Labute approximate surface area is 119 Å². The molecule has 2 aromatic rings. The van der Waals surface area contributed by atoms with Crippen molar-refractivity contribution in [2.75, 3.05) is 6.54 Å². The number of hydrogen-bond donors (Lipinski definition) is 1. The number of pyridine rings is 1. The van der Waals surface area contributed by atoms with E-state index in [0.29, 0.717) is 24.7 Å². The van der Waals surface area contributed by atoms with Crippen molar-refractivity contribution in [1.82, 2.24) is 20.1 Å². The summed E-state index contributed by atoms with van der Waals surface area (Å²) in [6.45, 7) is 7.56. The van der Waals surface area contributed by atoms with Gasteiger partial charge in [0, 0.05) is 18.4 Å². The van der Waals surface area contributed by atoms with Gasteiger partial charge in [0.2, 0.25) is 0 Å². The fourth-order valence-corrected chi connectivity index (χ4v) is 2.12. The Hall–Kier alpha value is -2.17. The second-order valence-corrected chi connectivity index (χ2v) is 5.03. The van der Waals surface area contributed by atoms with Gasteiger partial charge in [-0.2, -0.15) is 5.10 Å². The van der Waals surface area contributed by atoms with Crippen LogP contribution in [0.25, 0.3) is 0 Å². The summed E-state index contributed by atoms with van der Waals surface area (Å²) < 4.78 is 1.92. The molecule has 0 saturated heterocycles. The molecular weight excluding hydrogens is 252 g/mol. The number of amides is 1. The topological polar surface area (TPSA) is 59.8 Å². The highest BCUT2D eigenvalue weighted by atomic mass is 16.1. The number of carbonyl (C=O) groups excluding carboxylic acids is 1. The van der Waals surface area contributed by atoms with Crippen molar-refractivity contribution in [2.24, 2.45) is 0 Å². The van der Waals surface area contributed by atoms with Gasteiger partial charge in [-0.3, -0.25) is 14.5 Å². The Bertz CT molecular complexity index is 575. The van der Waals surface area contributed by atoms with Gasteiger partial charge in [-0.1, -0.05) is 19.9 Å². The van der Waals surface area contributed by atoms with Gasteiger partial charge in [-0.15, -0.1) is 0 Å². The molecular formula is C15H20N4O. The van der Waals surface area contributed by atoms with Gasteiger partial charge in [0.15, 0.2) is 0 Å². The Morgan fingerprint density at radius 2 is 2.20 bits per heavy atom. The molecule has 20 heavy (non-hydrogen) atoms. The number of rotatable bonds is 5. The monoisotopic (exact) mass is 272 g/mol. The zero-order chi connectivity index (χ0) is 14.5. The van der Waals surface area contributed by atoms with E-state index in [9.17, 15) is 4.79 Å². The molecule has 0 aliphatic rings. The molecule has 0 unspecified atom stereocenters. The molecule has 2 rings (SSSR count). The summed E-state index contributed by atoms with van der Waals surface area (Å²) in [5, 5.41) is 7.21. The largest absolute Gasteiger partial charge is 0.349 e. The first-order chi connectivity index (χ1) is 9.59. The maximum Gasteiger partial charge on any atom is 0.269 e. The number of nitrogens with zero attached hydrogens (tertiary/aromatic N) is 3. The number of nitrogens with one attached hydrogen (secondary N) is 1. The van der Waals surface area contributed by atoms with E-state index in [-0.39, 0.29) is 5.91 Å². The first-order valence-electron chi connectivity index (χ1n) is 6.81. The molecule has 5 heteroatoms. The minimum absolute atomic E-state index is 0.153. The van der Waals surface area contributed by atoms with Crippen LogP contribution in [0.3, 0.4) is 0 Å². The molecule has 0 radical (unpaired) electrons. The molecule has 1 amide bonds. The van der Waals surface area contributed by atoms with Crippen molar-refractivity contribution in [3.05, 3.63) is 47.5 Å². The molecule has 0 aliphatic heterocycles. The molecule has 0 aliphatic carbocycles. The molecule has 2 heterocycles. The van der Waals surface area contributed by atoms with E-state index < -0.39 is 0 Å². The van der Waals surface area contributed by atoms with Gasteiger partial charge in [-0.05, 0) is 30.5 Å². The zero-order valence-electron chi connectivity index (χ0n) is 12.1. The van der Waals surface area contributed by atoms with Gasteiger partial charge < -0.3 is 5.32 Å². The van der Waals surface area contributed by atoms with Crippen LogP contribution in [0.15, 0.2) is 30.6 Å². The lowest BCUT2D eigenvalue weighted by molar-refractivity contribution is 0.0947. The molecule has 0 spiro atoms. The fraction of sp³-hybridized carbons (Fsp3) is 0.400. The van der Waals surface area contributed by atoms with Gasteiger partial charge in [0.05, 0.1) is 12.7 Å². The smallest absolute Gasteiger partial charge is 0.269 e. The maximum absolute atomic E-state index is 11.8. The molecule has 0 atom stereocenters. The minimum atomic E-state index is -0.153. The van der Waals surface area contributed by atoms with Gasteiger partial charge in [0.25, 0.3) is 5.91 Å². The van der Waals surface area contributed by atoms with E-state index in [1.165, 1.54) is 5.56 Å². The Morgan fingerprint density at radius 3 is 2.80 bits per heavy atom. The summed E-state index contributed by atoms with van der Waals surface area (Å²) in [5.74, 6) is 0.311. The average molecular weight is 272 g/mol. The molecule has 0 fully saturated rings. The van der Waals surface area contributed by atoms with Crippen LogP contribution in [0.1, 0.15) is 41.5 Å². The van der Waals surface area contributed by atoms with Gasteiger partial charge in [-0.25, -0.2) is 0 Å². The van der Waals surface area contributed by atoms with Gasteiger partial charge >= 0.3 is 0 Å². The molecule has 2 aromatic heterocycles. The van der Waals surface area contributed by atoms with E-state index >= 15 is 0 Å². The lowest BCUT2D eigenvalue weighted by Crippen LogP contribution is -2.28. The predicted octanol–water partition coefficient (Wildman–Crippen LogP) is 2.14. The zero-order valence-corrected chi connectivity index (χ0v) is 12.1. The number of carbonyl (C=O) groups is 1. The van der Waals surface area contributed by atoms with Crippen LogP contribution in [0, 0.1) is 6.92 Å². The highest BCUT2D eigenvalue weighted by Gasteiger charge is 2.10. The third-order valence-corrected chi connectivity index (χ3v) is 3.27. The summed E-state index contributed by atoms with van der Waals surface area (Å²) in [7, 11) is 0. The van der Waals surface area contributed by atoms with Crippen LogP contribution in [-0.2, 0) is 6.54 Å². The van der Waals surface area contributed by atoms with Crippen LogP contribution >= 0.6 is 0 Å². The fourth-order valence-electron chi connectivity index (χ4n) is 2.12. The molecule has 5 nitrogen and oxygen atoms in total. The van der Waals surface area contributed by atoms with Gasteiger partial charge in [0.1, 0.15) is 5.69 Å². The number of hydrogen-bond acceptors (Lipinski definition) is 3. The van der Waals surface area contributed by atoms with Crippen LogP contribution in [-0.4, -0.2) is 27.2 Å². The lowest BCUT2D eigenvalue weighted by atomic mass is 10.1. The summed E-state index contributed by atoms with van der Waals surface area (Å²) in [6.07, 6.45) is 3.52. The summed E-state index contributed by atoms with van der Waals surface area (Å²) in [5.41, 5.74) is 2.85. The van der Waals surface area contributed by atoms with E-state index in [4.69, 9.17) is 0 Å². The standard InChI is InChI=1S/C15H20N4O/c1-11(2)13-10-18-19(12(13)3)9-8-17-15(20)14-6-4-5-7-16-14/h4-7,10-11H,8-9H2,1-3H3,(H,17,20). The highest BCUT2D eigenvalue weighted by Crippen LogP contribution is 2.17. The third-order valence-electron chi connectivity index (χ3n) is 3.27. The van der Waals surface area contributed by atoms with Crippen molar-refractivity contribution in [3.63, 3.8) is 0 Å². The maximum atomic E-state index is 11.8. The Kier molecular flexibility index (Phi) is 4.50. The molecule has 0 aromatic carbocycles. The van der Waals surface area contributed by atoms with E-state index in [2.05, 4.69) is 36.2 Å². The van der Waals surface area contributed by atoms with E-state index in [1.807, 2.05) is 10.9 Å². The van der Waals surface area contributed by atoms with Crippen LogP contribution < -0.4 is 5.32 Å². The summed E-state index contributed by atoms with van der Waals surface area (Å²) in [6, 6.07) is 5.29. The van der Waals surface area contributed by atoms with Crippen LogP contribution in [0.2, 0.25) is 0 Å². The Balaban J connectivity index is 1.89. The Morgan fingerprint density at radius 1 is 1.40 bits per heavy atom. The highest BCUT2D eigenvalue weighted by molar-refractivity contribution is 5.92. The normalized spacial score (nSPS) is 10.8. The van der Waals surface area contributed by atoms with Crippen molar-refractivity contribution in [2.45, 2.75) is 33.2 Å². The SMILES string of the molecule is Cc1c(C(C)C)cnn1CCNC(=O)c1ccccn1. The lowest BCUT2D eigenvalue weighted by Gasteiger charge is -2.08.